The van der Waals surface area contributed by atoms with Gasteiger partial charge in [-0.25, -0.2) is 14.6 Å². The predicted octanol–water partition coefficient (Wildman–Crippen LogP) is 2.09. The highest BCUT2D eigenvalue weighted by molar-refractivity contribution is 7.71. The van der Waals surface area contributed by atoms with Gasteiger partial charge >= 0.3 is 0 Å². The number of hydrogen-bond donors (Lipinski definition) is 1. The monoisotopic (exact) mass is 250 g/mol. The fraction of sp³-hybridized carbons (Fsp3) is 0.364. The minimum Gasteiger partial charge on any atom is -0.378 e. The molecule has 2 rings (SSSR count). The summed E-state index contributed by atoms with van der Waals surface area (Å²) in [6.45, 7) is 4.29. The summed E-state index contributed by atoms with van der Waals surface area (Å²) < 4.78 is 7.49. The molecule has 0 aliphatic heterocycles. The van der Waals surface area contributed by atoms with E-state index in [-0.39, 0.29) is 0 Å². The molecule has 2 heterocycles. The molecule has 0 aliphatic carbocycles. The number of ether oxygens (including phenoxy) is 1. The maximum absolute atomic E-state index is 5.27. The zero-order valence-corrected chi connectivity index (χ0v) is 10.8. The van der Waals surface area contributed by atoms with Gasteiger partial charge in [0.15, 0.2) is 5.82 Å². The molecule has 5 nitrogen and oxygen atoms in total. The summed E-state index contributed by atoms with van der Waals surface area (Å²) in [6, 6.07) is 3.75. The number of nitrogens with zero attached hydrogens (tertiary/aromatic N) is 3. The first-order valence-corrected chi connectivity index (χ1v) is 5.63. The molecule has 0 bridgehead atoms. The number of rotatable bonds is 3. The van der Waals surface area contributed by atoms with E-state index in [4.69, 9.17) is 17.0 Å². The fourth-order valence-electron chi connectivity index (χ4n) is 1.66. The second kappa shape index (κ2) is 4.77. The minimum atomic E-state index is 0.500. The molecule has 1 N–H and O–H groups in total. The van der Waals surface area contributed by atoms with E-state index in [1.807, 2.05) is 26.0 Å². The van der Waals surface area contributed by atoms with Crippen LogP contribution in [0.4, 0.5) is 0 Å². The van der Waals surface area contributed by atoms with Crippen LogP contribution in [-0.4, -0.2) is 26.9 Å². The van der Waals surface area contributed by atoms with Crippen LogP contribution in [0.15, 0.2) is 12.1 Å². The van der Waals surface area contributed by atoms with Gasteiger partial charge in [-0.3, -0.25) is 5.10 Å². The Balaban J connectivity index is 2.48. The summed E-state index contributed by atoms with van der Waals surface area (Å²) in [6.07, 6.45) is 0. The summed E-state index contributed by atoms with van der Waals surface area (Å²) in [5.41, 5.74) is 1.84. The maximum Gasteiger partial charge on any atom is 0.156 e. The van der Waals surface area contributed by atoms with Gasteiger partial charge in [-0.1, -0.05) is 12.2 Å². The normalized spacial score (nSPS) is 10.8. The van der Waals surface area contributed by atoms with E-state index < -0.39 is 0 Å². The van der Waals surface area contributed by atoms with Crippen molar-refractivity contribution in [3.05, 3.63) is 34.0 Å². The van der Waals surface area contributed by atoms with Crippen LogP contribution in [0.2, 0.25) is 0 Å². The van der Waals surface area contributed by atoms with Gasteiger partial charge in [-0.15, -0.1) is 0 Å². The first-order chi connectivity index (χ1) is 8.10. The highest BCUT2D eigenvalue weighted by Crippen LogP contribution is 2.09. The molecule has 0 unspecified atom stereocenters. The molecule has 2 aromatic rings. The fourth-order valence-corrected chi connectivity index (χ4v) is 1.94. The lowest BCUT2D eigenvalue weighted by Crippen LogP contribution is -2.04. The van der Waals surface area contributed by atoms with Crippen molar-refractivity contribution in [2.75, 3.05) is 7.11 Å². The maximum atomic E-state index is 5.27. The quantitative estimate of drug-likeness (QED) is 0.847. The zero-order valence-electron chi connectivity index (χ0n) is 10.0. The first kappa shape index (κ1) is 11.9. The van der Waals surface area contributed by atoms with Gasteiger partial charge in [-0.2, -0.15) is 0 Å². The van der Waals surface area contributed by atoms with Crippen molar-refractivity contribution in [1.82, 2.24) is 19.7 Å². The van der Waals surface area contributed by atoms with Crippen LogP contribution in [0.25, 0.3) is 5.82 Å². The number of hydrogen-bond acceptors (Lipinski definition) is 4. The van der Waals surface area contributed by atoms with Crippen LogP contribution in [-0.2, 0) is 11.3 Å². The average Bonchev–Trinajstić information content (AvgIpc) is 2.58. The lowest BCUT2D eigenvalue weighted by molar-refractivity contribution is 0.181. The molecule has 0 saturated carbocycles. The Kier molecular flexibility index (Phi) is 3.35. The molecule has 0 aliphatic rings. The summed E-state index contributed by atoms with van der Waals surface area (Å²) in [4.78, 5) is 8.59. The molecule has 0 amide bonds. The van der Waals surface area contributed by atoms with Gasteiger partial charge in [0.1, 0.15) is 10.5 Å². The molecular weight excluding hydrogens is 236 g/mol. The van der Waals surface area contributed by atoms with Crippen LogP contribution >= 0.6 is 12.2 Å². The third-order valence-corrected chi connectivity index (χ3v) is 2.56. The van der Waals surface area contributed by atoms with Gasteiger partial charge in [0.25, 0.3) is 0 Å². The molecule has 90 valence electrons. The van der Waals surface area contributed by atoms with E-state index in [2.05, 4.69) is 15.1 Å². The summed E-state index contributed by atoms with van der Waals surface area (Å²) in [5, 5.41) is 3.15. The highest BCUT2D eigenvalue weighted by Gasteiger charge is 2.05. The smallest absolute Gasteiger partial charge is 0.156 e. The molecule has 17 heavy (non-hydrogen) atoms. The van der Waals surface area contributed by atoms with E-state index in [1.54, 1.807) is 11.8 Å². The highest BCUT2D eigenvalue weighted by atomic mass is 32.1. The molecule has 0 spiro atoms. The van der Waals surface area contributed by atoms with Crippen LogP contribution in [0.3, 0.4) is 0 Å². The Bertz CT molecular complexity index is 567. The third kappa shape index (κ3) is 2.59. The van der Waals surface area contributed by atoms with Crippen LogP contribution < -0.4 is 0 Å². The van der Waals surface area contributed by atoms with Crippen molar-refractivity contribution in [1.29, 1.82) is 0 Å². The number of aryl methyl sites for hydroxylation is 2. The largest absolute Gasteiger partial charge is 0.378 e. The van der Waals surface area contributed by atoms with E-state index >= 15 is 0 Å². The third-order valence-electron chi connectivity index (χ3n) is 2.25. The Morgan fingerprint density at radius 3 is 2.76 bits per heavy atom. The van der Waals surface area contributed by atoms with Gasteiger partial charge in [-0.05, 0) is 19.9 Å². The van der Waals surface area contributed by atoms with Crippen molar-refractivity contribution >= 4 is 12.2 Å². The number of methoxy groups -OCH3 is 1. The zero-order chi connectivity index (χ0) is 12.4. The Morgan fingerprint density at radius 2 is 2.12 bits per heavy atom. The summed E-state index contributed by atoms with van der Waals surface area (Å²) >= 11 is 5.27. The lowest BCUT2D eigenvalue weighted by Gasteiger charge is -2.04. The number of H-pyrrole nitrogens is 1. The average molecular weight is 250 g/mol. The van der Waals surface area contributed by atoms with Crippen LogP contribution in [0.1, 0.15) is 17.2 Å². The van der Waals surface area contributed by atoms with Gasteiger partial charge in [0.2, 0.25) is 0 Å². The second-order valence-corrected chi connectivity index (χ2v) is 4.22. The van der Waals surface area contributed by atoms with Crippen LogP contribution in [0.5, 0.6) is 0 Å². The molecule has 0 fully saturated rings. The van der Waals surface area contributed by atoms with Gasteiger partial charge in [0.05, 0.1) is 12.3 Å². The minimum absolute atomic E-state index is 0.500. The molecule has 6 heteroatoms. The number of nitrogens with one attached hydrogen (secondary N) is 1. The molecule has 2 aromatic heterocycles. The van der Waals surface area contributed by atoms with Crippen LogP contribution in [0, 0.1) is 18.5 Å². The Hall–Kier alpha value is -1.53. The predicted molar refractivity (Wildman–Crippen MR) is 66.7 cm³/mol. The number of aromatic amines is 1. The molecule has 0 aromatic carbocycles. The second-order valence-electron chi connectivity index (χ2n) is 3.80. The first-order valence-electron chi connectivity index (χ1n) is 5.22. The van der Waals surface area contributed by atoms with E-state index in [9.17, 15) is 0 Å². The van der Waals surface area contributed by atoms with E-state index in [1.165, 1.54) is 0 Å². The van der Waals surface area contributed by atoms with Crippen molar-refractivity contribution in [3.63, 3.8) is 0 Å². The van der Waals surface area contributed by atoms with Crippen molar-refractivity contribution < 1.29 is 4.74 Å². The van der Waals surface area contributed by atoms with Crippen molar-refractivity contribution in [3.8, 4) is 5.82 Å². The summed E-state index contributed by atoms with van der Waals surface area (Å²) in [7, 11) is 1.65. The Labute approximate surface area is 104 Å². The molecule has 0 atom stereocenters. The van der Waals surface area contributed by atoms with Crippen molar-refractivity contribution in [2.45, 2.75) is 20.5 Å². The number of aromatic nitrogens is 4. The molecule has 0 radical (unpaired) electrons. The summed E-state index contributed by atoms with van der Waals surface area (Å²) in [5.74, 6) is 1.48. The van der Waals surface area contributed by atoms with Gasteiger partial charge < -0.3 is 4.74 Å². The van der Waals surface area contributed by atoms with Gasteiger partial charge in [0, 0.05) is 18.9 Å². The van der Waals surface area contributed by atoms with E-state index in [0.717, 1.165) is 23.0 Å². The van der Waals surface area contributed by atoms with Crippen molar-refractivity contribution in [2.24, 2.45) is 0 Å². The topological polar surface area (TPSA) is 55.7 Å². The molecular formula is C11H14N4OS. The Morgan fingerprint density at radius 1 is 1.35 bits per heavy atom. The van der Waals surface area contributed by atoms with E-state index in [0.29, 0.717) is 11.2 Å². The SMILES string of the molecule is COCc1cc(=S)n(-c2cc(C)nc(C)n2)[nH]1. The standard InChI is InChI=1S/C11H14N4OS/c1-7-4-10(13-8(2)12-7)15-11(17)5-9(14-15)6-16-3/h4-5,14H,6H2,1-3H3. The lowest BCUT2D eigenvalue weighted by atomic mass is 10.4. The molecule has 0 saturated heterocycles.